The van der Waals surface area contributed by atoms with Crippen molar-refractivity contribution in [2.45, 2.75) is 13.5 Å². The summed E-state index contributed by atoms with van der Waals surface area (Å²) in [5.74, 6) is 0.153. The van der Waals surface area contributed by atoms with Crippen LogP contribution in [0.15, 0.2) is 42.5 Å². The number of carbonyl (C=O) groups is 1. The van der Waals surface area contributed by atoms with E-state index in [4.69, 9.17) is 5.26 Å². The van der Waals surface area contributed by atoms with Gasteiger partial charge >= 0.3 is 0 Å². The van der Waals surface area contributed by atoms with Gasteiger partial charge in [-0.05, 0) is 35.9 Å². The Hall–Kier alpha value is -3.63. The number of benzene rings is 2. The first-order valence-electron chi connectivity index (χ1n) is 10.1. The second kappa shape index (κ2) is 7.32. The Morgan fingerprint density at radius 2 is 1.93 bits per heavy atom. The molecule has 3 heterocycles. The number of nitrogens with one attached hydrogen (secondary N) is 2. The number of rotatable bonds is 3. The number of nitriles is 1. The Balaban J connectivity index is 1.45. The second-order valence-electron chi connectivity index (χ2n) is 7.79. The topological polar surface area (TPSA) is 91.8 Å². The molecule has 0 spiro atoms. The normalized spacial score (nSPS) is 15.0. The molecule has 150 valence electrons. The predicted octanol–water partition coefficient (Wildman–Crippen LogP) is 3.25. The van der Waals surface area contributed by atoms with Gasteiger partial charge in [0.15, 0.2) is 0 Å². The summed E-state index contributed by atoms with van der Waals surface area (Å²) in [6, 6.07) is 16.2. The summed E-state index contributed by atoms with van der Waals surface area (Å²) in [6.45, 7) is 5.84. The van der Waals surface area contributed by atoms with E-state index in [0.29, 0.717) is 5.56 Å². The van der Waals surface area contributed by atoms with E-state index in [1.54, 1.807) is 6.92 Å². The van der Waals surface area contributed by atoms with Crippen LogP contribution in [0.25, 0.3) is 33.2 Å². The van der Waals surface area contributed by atoms with Gasteiger partial charge in [0.1, 0.15) is 5.69 Å². The fourth-order valence-corrected chi connectivity index (χ4v) is 4.24. The van der Waals surface area contributed by atoms with Crippen LogP contribution in [0.2, 0.25) is 0 Å². The lowest BCUT2D eigenvalue weighted by molar-refractivity contribution is -0.130. The molecule has 7 heteroatoms. The summed E-state index contributed by atoms with van der Waals surface area (Å²) in [6.07, 6.45) is 0. The Morgan fingerprint density at radius 3 is 2.70 bits per heavy atom. The first kappa shape index (κ1) is 18.4. The summed E-state index contributed by atoms with van der Waals surface area (Å²) in [7, 11) is 0. The number of hydrogen-bond donors (Lipinski definition) is 2. The average Bonchev–Trinajstić information content (AvgIpc) is 3.38. The molecule has 1 aliphatic heterocycles. The van der Waals surface area contributed by atoms with E-state index in [9.17, 15) is 4.79 Å². The minimum absolute atomic E-state index is 0.153. The van der Waals surface area contributed by atoms with Gasteiger partial charge in [0.25, 0.3) is 0 Å². The van der Waals surface area contributed by atoms with Gasteiger partial charge in [0.05, 0.1) is 22.8 Å². The van der Waals surface area contributed by atoms with E-state index in [-0.39, 0.29) is 5.91 Å². The van der Waals surface area contributed by atoms with Crippen molar-refractivity contribution in [1.29, 1.82) is 5.26 Å². The summed E-state index contributed by atoms with van der Waals surface area (Å²) in [4.78, 5) is 19.4. The highest BCUT2D eigenvalue weighted by atomic mass is 16.2. The highest BCUT2D eigenvalue weighted by Gasteiger charge is 2.20. The van der Waals surface area contributed by atoms with Crippen LogP contribution in [0.1, 0.15) is 18.1 Å². The van der Waals surface area contributed by atoms with Crippen molar-refractivity contribution >= 4 is 27.7 Å². The van der Waals surface area contributed by atoms with Crippen LogP contribution in [0, 0.1) is 11.3 Å². The molecule has 0 radical (unpaired) electrons. The van der Waals surface area contributed by atoms with Crippen LogP contribution in [0.3, 0.4) is 0 Å². The third-order valence-electron chi connectivity index (χ3n) is 5.91. The molecule has 1 amide bonds. The van der Waals surface area contributed by atoms with Gasteiger partial charge in [-0.15, -0.1) is 0 Å². The lowest BCUT2D eigenvalue weighted by atomic mass is 10.1. The number of nitrogens with zero attached hydrogens (tertiary/aromatic N) is 4. The monoisotopic (exact) mass is 398 g/mol. The lowest BCUT2D eigenvalue weighted by Crippen LogP contribution is -2.47. The molecule has 1 fully saturated rings. The fourth-order valence-electron chi connectivity index (χ4n) is 4.24. The number of fused-ring (bicyclic) bond motifs is 2. The summed E-state index contributed by atoms with van der Waals surface area (Å²) >= 11 is 0. The lowest BCUT2D eigenvalue weighted by Gasteiger charge is -2.34. The molecule has 7 nitrogen and oxygen atoms in total. The molecule has 2 N–H and O–H groups in total. The van der Waals surface area contributed by atoms with Crippen molar-refractivity contribution in [3.8, 4) is 17.5 Å². The third-order valence-corrected chi connectivity index (χ3v) is 5.91. The van der Waals surface area contributed by atoms with E-state index in [2.05, 4.69) is 50.4 Å². The van der Waals surface area contributed by atoms with Gasteiger partial charge in [-0.25, -0.2) is 0 Å². The van der Waals surface area contributed by atoms with Crippen molar-refractivity contribution in [1.82, 2.24) is 25.0 Å². The van der Waals surface area contributed by atoms with Gasteiger partial charge in [-0.2, -0.15) is 10.4 Å². The molecule has 0 unspecified atom stereocenters. The number of aromatic amines is 2. The maximum Gasteiger partial charge on any atom is 0.219 e. The van der Waals surface area contributed by atoms with Gasteiger partial charge in [0, 0.05) is 55.9 Å². The van der Waals surface area contributed by atoms with Crippen LogP contribution in [0.5, 0.6) is 0 Å². The Morgan fingerprint density at radius 1 is 1.10 bits per heavy atom. The van der Waals surface area contributed by atoms with E-state index in [1.807, 2.05) is 23.1 Å². The molecule has 0 atom stereocenters. The van der Waals surface area contributed by atoms with E-state index in [1.165, 1.54) is 10.9 Å². The van der Waals surface area contributed by atoms with Crippen LogP contribution in [-0.2, 0) is 11.3 Å². The summed E-state index contributed by atoms with van der Waals surface area (Å²) in [5.41, 5.74) is 5.61. The molecule has 0 saturated carbocycles. The molecular weight excluding hydrogens is 376 g/mol. The second-order valence-corrected chi connectivity index (χ2v) is 7.79. The highest BCUT2D eigenvalue weighted by Crippen LogP contribution is 2.31. The van der Waals surface area contributed by atoms with Crippen LogP contribution >= 0.6 is 0 Å². The van der Waals surface area contributed by atoms with E-state index in [0.717, 1.165) is 60.5 Å². The smallest absolute Gasteiger partial charge is 0.219 e. The highest BCUT2D eigenvalue weighted by molar-refractivity contribution is 5.96. The van der Waals surface area contributed by atoms with Crippen molar-refractivity contribution in [3.05, 3.63) is 53.6 Å². The molecule has 0 bridgehead atoms. The molecule has 1 aliphatic rings. The number of carbonyl (C=O) groups excluding carboxylic acids is 1. The minimum Gasteiger partial charge on any atom is -0.353 e. The van der Waals surface area contributed by atoms with Crippen LogP contribution in [0.4, 0.5) is 0 Å². The molecule has 0 aliphatic carbocycles. The SMILES string of the molecule is CC(=O)N1CCN(Cc2cccc3[nH]c(-c4n[nH]c5cc(C#N)ccc45)cc23)CC1. The number of piperazine rings is 1. The molecule has 1 saturated heterocycles. The van der Waals surface area contributed by atoms with Gasteiger partial charge < -0.3 is 9.88 Å². The van der Waals surface area contributed by atoms with Gasteiger partial charge in [-0.3, -0.25) is 14.8 Å². The van der Waals surface area contributed by atoms with Crippen molar-refractivity contribution in [2.24, 2.45) is 0 Å². The molecule has 2 aromatic heterocycles. The van der Waals surface area contributed by atoms with E-state index >= 15 is 0 Å². The summed E-state index contributed by atoms with van der Waals surface area (Å²) in [5, 5.41) is 18.8. The molecule has 4 aromatic rings. The van der Waals surface area contributed by atoms with Crippen LogP contribution in [-0.4, -0.2) is 57.1 Å². The quantitative estimate of drug-likeness (QED) is 0.554. The maximum atomic E-state index is 11.6. The number of hydrogen-bond acceptors (Lipinski definition) is 4. The zero-order chi connectivity index (χ0) is 20.7. The van der Waals surface area contributed by atoms with Crippen molar-refractivity contribution in [2.75, 3.05) is 26.2 Å². The third kappa shape index (κ3) is 3.21. The number of H-pyrrole nitrogens is 2. The number of aromatic nitrogens is 3. The first-order valence-corrected chi connectivity index (χ1v) is 10.1. The largest absolute Gasteiger partial charge is 0.353 e. The predicted molar refractivity (Wildman–Crippen MR) is 116 cm³/mol. The first-order chi connectivity index (χ1) is 14.6. The molecular formula is C23H22N6O. The Kier molecular flexibility index (Phi) is 4.49. The Bertz CT molecular complexity index is 1290. The number of amides is 1. The molecule has 2 aromatic carbocycles. The fraction of sp³-hybridized carbons (Fsp3) is 0.261. The molecule has 5 rings (SSSR count). The Labute approximate surface area is 173 Å². The minimum atomic E-state index is 0.153. The zero-order valence-corrected chi connectivity index (χ0v) is 16.8. The molecule has 30 heavy (non-hydrogen) atoms. The van der Waals surface area contributed by atoms with Gasteiger partial charge in [-0.1, -0.05) is 12.1 Å². The van der Waals surface area contributed by atoms with Gasteiger partial charge in [0.2, 0.25) is 5.91 Å². The van der Waals surface area contributed by atoms with Crippen molar-refractivity contribution < 1.29 is 4.79 Å². The van der Waals surface area contributed by atoms with Crippen molar-refractivity contribution in [3.63, 3.8) is 0 Å². The van der Waals surface area contributed by atoms with E-state index < -0.39 is 0 Å². The standard InChI is InChI=1S/C23H22N6O/c1-15(30)29-9-7-28(8-10-29)14-17-3-2-4-20-19(17)12-22(25-20)23-18-6-5-16(13-24)11-21(18)26-27-23/h2-6,11-12,25H,7-10,14H2,1H3,(H,26,27). The zero-order valence-electron chi connectivity index (χ0n) is 16.8. The summed E-state index contributed by atoms with van der Waals surface area (Å²) < 4.78 is 0. The van der Waals surface area contributed by atoms with Crippen LogP contribution < -0.4 is 0 Å². The average molecular weight is 398 g/mol. The maximum absolute atomic E-state index is 11.6.